The molecule has 2 aromatic rings. The van der Waals surface area contributed by atoms with Crippen LogP contribution in [0.3, 0.4) is 0 Å². The van der Waals surface area contributed by atoms with E-state index in [1.165, 1.54) is 0 Å². The molecule has 0 aliphatic rings. The minimum atomic E-state index is 0.0796. The maximum atomic E-state index is 6.06. The molecule has 0 radical (unpaired) electrons. The molecule has 0 aliphatic carbocycles. The van der Waals surface area contributed by atoms with Gasteiger partial charge in [0, 0.05) is 22.6 Å². The molecule has 1 unspecified atom stereocenters. The number of nitrogens with zero attached hydrogens (tertiary/aromatic N) is 2. The zero-order valence-electron chi connectivity index (χ0n) is 10.1. The number of nitrogens with one attached hydrogen (secondary N) is 1. The first kappa shape index (κ1) is 13.3. The van der Waals surface area contributed by atoms with Gasteiger partial charge in [0.1, 0.15) is 0 Å². The van der Waals surface area contributed by atoms with Crippen LogP contribution >= 0.6 is 27.5 Å². The van der Waals surface area contributed by atoms with Crippen LogP contribution in [0.25, 0.3) is 0 Å². The van der Waals surface area contributed by atoms with Gasteiger partial charge in [-0.15, -0.1) is 0 Å². The van der Waals surface area contributed by atoms with Crippen molar-refractivity contribution in [3.8, 4) is 0 Å². The molecule has 0 fully saturated rings. The molecular formula is C13H13BrClN3. The molecule has 0 amide bonds. The van der Waals surface area contributed by atoms with Crippen molar-refractivity contribution in [2.24, 2.45) is 0 Å². The molecule has 0 spiro atoms. The molecule has 1 aromatic carbocycles. The highest BCUT2D eigenvalue weighted by molar-refractivity contribution is 9.10. The van der Waals surface area contributed by atoms with E-state index in [9.17, 15) is 0 Å². The number of aryl methyl sites for hydroxylation is 1. The second-order valence-electron chi connectivity index (χ2n) is 4.02. The SMILES string of the molecule is Cc1nccnc1C(C)Nc1ccc(Br)c(Cl)c1. The Hall–Kier alpha value is -1.13. The normalized spacial score (nSPS) is 12.2. The highest BCUT2D eigenvalue weighted by Gasteiger charge is 2.10. The monoisotopic (exact) mass is 325 g/mol. The van der Waals surface area contributed by atoms with Crippen molar-refractivity contribution in [1.29, 1.82) is 0 Å². The Morgan fingerprint density at radius 3 is 2.67 bits per heavy atom. The van der Waals surface area contributed by atoms with Crippen LogP contribution in [-0.2, 0) is 0 Å². The van der Waals surface area contributed by atoms with Crippen molar-refractivity contribution in [3.05, 3.63) is 51.5 Å². The highest BCUT2D eigenvalue weighted by Crippen LogP contribution is 2.27. The topological polar surface area (TPSA) is 37.8 Å². The van der Waals surface area contributed by atoms with Gasteiger partial charge in [0.05, 0.1) is 22.5 Å². The second kappa shape index (κ2) is 5.67. The van der Waals surface area contributed by atoms with E-state index >= 15 is 0 Å². The average Bonchev–Trinajstić information content (AvgIpc) is 2.34. The van der Waals surface area contributed by atoms with Crippen molar-refractivity contribution < 1.29 is 0 Å². The average molecular weight is 327 g/mol. The van der Waals surface area contributed by atoms with Crippen molar-refractivity contribution >= 4 is 33.2 Å². The molecule has 18 heavy (non-hydrogen) atoms. The Bertz CT molecular complexity index is 560. The van der Waals surface area contributed by atoms with Crippen LogP contribution in [0.4, 0.5) is 5.69 Å². The van der Waals surface area contributed by atoms with Gasteiger partial charge < -0.3 is 5.32 Å². The number of anilines is 1. The van der Waals surface area contributed by atoms with E-state index in [0.717, 1.165) is 21.5 Å². The number of hydrogen-bond donors (Lipinski definition) is 1. The van der Waals surface area contributed by atoms with Crippen LogP contribution in [0.15, 0.2) is 35.1 Å². The third kappa shape index (κ3) is 3.00. The Labute approximate surface area is 120 Å². The zero-order chi connectivity index (χ0) is 13.1. The summed E-state index contributed by atoms with van der Waals surface area (Å²) in [6.07, 6.45) is 3.40. The van der Waals surface area contributed by atoms with E-state index in [1.54, 1.807) is 12.4 Å². The third-order valence-corrected chi connectivity index (χ3v) is 3.86. The number of hydrogen-bond acceptors (Lipinski definition) is 3. The quantitative estimate of drug-likeness (QED) is 0.910. The largest absolute Gasteiger partial charge is 0.377 e. The Morgan fingerprint density at radius 2 is 2.00 bits per heavy atom. The third-order valence-electron chi connectivity index (χ3n) is 2.63. The predicted octanol–water partition coefficient (Wildman–Crippen LogP) is 4.37. The van der Waals surface area contributed by atoms with Gasteiger partial charge in [-0.25, -0.2) is 0 Å². The van der Waals surface area contributed by atoms with Gasteiger partial charge in [0.15, 0.2) is 0 Å². The lowest BCUT2D eigenvalue weighted by atomic mass is 10.2. The first-order chi connectivity index (χ1) is 8.58. The number of aromatic nitrogens is 2. The van der Waals surface area contributed by atoms with Crippen LogP contribution in [-0.4, -0.2) is 9.97 Å². The summed E-state index contributed by atoms with van der Waals surface area (Å²) in [5.74, 6) is 0. The van der Waals surface area contributed by atoms with E-state index in [2.05, 4.69) is 31.2 Å². The van der Waals surface area contributed by atoms with Crippen LogP contribution in [0.5, 0.6) is 0 Å². The van der Waals surface area contributed by atoms with E-state index in [1.807, 2.05) is 32.0 Å². The molecule has 0 aliphatic heterocycles. The first-order valence-electron chi connectivity index (χ1n) is 5.57. The van der Waals surface area contributed by atoms with Crippen molar-refractivity contribution in [1.82, 2.24) is 9.97 Å². The molecule has 3 nitrogen and oxygen atoms in total. The summed E-state index contributed by atoms with van der Waals surface area (Å²) in [5, 5.41) is 4.04. The van der Waals surface area contributed by atoms with Crippen LogP contribution in [0.1, 0.15) is 24.4 Å². The lowest BCUT2D eigenvalue weighted by Crippen LogP contribution is -2.10. The highest BCUT2D eigenvalue weighted by atomic mass is 79.9. The minimum Gasteiger partial charge on any atom is -0.377 e. The van der Waals surface area contributed by atoms with Crippen LogP contribution < -0.4 is 5.32 Å². The Morgan fingerprint density at radius 1 is 1.28 bits per heavy atom. The van der Waals surface area contributed by atoms with E-state index in [4.69, 9.17) is 11.6 Å². The summed E-state index contributed by atoms with van der Waals surface area (Å²) >= 11 is 9.43. The van der Waals surface area contributed by atoms with Gasteiger partial charge in [-0.05, 0) is 48.0 Å². The summed E-state index contributed by atoms with van der Waals surface area (Å²) in [7, 11) is 0. The van der Waals surface area contributed by atoms with Crippen molar-refractivity contribution in [2.45, 2.75) is 19.9 Å². The molecule has 1 heterocycles. The Balaban J connectivity index is 2.19. The summed E-state index contributed by atoms with van der Waals surface area (Å²) < 4.78 is 0.887. The standard InChI is InChI=1S/C13H13BrClN3/c1-8-13(17-6-5-16-8)9(2)18-10-3-4-11(14)12(15)7-10/h3-7,9,18H,1-2H3. The van der Waals surface area contributed by atoms with Gasteiger partial charge in [0.2, 0.25) is 0 Å². The molecule has 5 heteroatoms. The first-order valence-corrected chi connectivity index (χ1v) is 6.74. The van der Waals surface area contributed by atoms with Crippen molar-refractivity contribution in [3.63, 3.8) is 0 Å². The summed E-state index contributed by atoms with van der Waals surface area (Å²) in [4.78, 5) is 8.58. The zero-order valence-corrected chi connectivity index (χ0v) is 12.5. The molecule has 94 valence electrons. The lowest BCUT2D eigenvalue weighted by molar-refractivity contribution is 0.810. The van der Waals surface area contributed by atoms with Gasteiger partial charge in [-0.2, -0.15) is 0 Å². The smallest absolute Gasteiger partial charge is 0.0835 e. The summed E-state index contributed by atoms with van der Waals surface area (Å²) in [6, 6.07) is 5.85. The van der Waals surface area contributed by atoms with Gasteiger partial charge in [-0.3, -0.25) is 9.97 Å². The molecule has 1 aromatic heterocycles. The van der Waals surface area contributed by atoms with E-state index in [0.29, 0.717) is 5.02 Å². The van der Waals surface area contributed by atoms with E-state index in [-0.39, 0.29) is 6.04 Å². The number of benzene rings is 1. The maximum absolute atomic E-state index is 6.06. The number of rotatable bonds is 3. The molecule has 2 rings (SSSR count). The molecule has 0 saturated heterocycles. The lowest BCUT2D eigenvalue weighted by Gasteiger charge is -2.16. The molecule has 1 N–H and O–H groups in total. The molecule has 0 saturated carbocycles. The molecule has 1 atom stereocenters. The minimum absolute atomic E-state index is 0.0796. The molecule has 0 bridgehead atoms. The fraction of sp³-hybridized carbons (Fsp3) is 0.231. The number of halogens is 2. The van der Waals surface area contributed by atoms with E-state index < -0.39 is 0 Å². The van der Waals surface area contributed by atoms with Gasteiger partial charge in [0.25, 0.3) is 0 Å². The summed E-state index contributed by atoms with van der Waals surface area (Å²) in [6.45, 7) is 4.00. The van der Waals surface area contributed by atoms with Crippen LogP contribution in [0.2, 0.25) is 5.02 Å². The fourth-order valence-electron chi connectivity index (χ4n) is 1.75. The molecular weight excluding hydrogens is 314 g/mol. The van der Waals surface area contributed by atoms with Crippen LogP contribution in [0, 0.1) is 6.92 Å². The summed E-state index contributed by atoms with van der Waals surface area (Å²) in [5.41, 5.74) is 2.83. The fourth-order valence-corrected chi connectivity index (χ4v) is 2.17. The van der Waals surface area contributed by atoms with Crippen molar-refractivity contribution in [2.75, 3.05) is 5.32 Å². The van der Waals surface area contributed by atoms with Gasteiger partial charge in [-0.1, -0.05) is 11.6 Å². The Kier molecular flexibility index (Phi) is 4.19. The van der Waals surface area contributed by atoms with Gasteiger partial charge >= 0.3 is 0 Å². The maximum Gasteiger partial charge on any atom is 0.0835 e. The second-order valence-corrected chi connectivity index (χ2v) is 5.28. The predicted molar refractivity (Wildman–Crippen MR) is 78.0 cm³/mol.